The monoisotopic (exact) mass is 296 g/mol. The first-order chi connectivity index (χ1) is 10.1. The fourth-order valence-corrected chi connectivity index (χ4v) is 2.01. The number of rotatable bonds is 9. The van der Waals surface area contributed by atoms with Crippen molar-refractivity contribution < 1.29 is 13.9 Å². The zero-order valence-electron chi connectivity index (χ0n) is 13.0. The van der Waals surface area contributed by atoms with Crippen LogP contribution in [0.5, 0.6) is 5.75 Å². The summed E-state index contributed by atoms with van der Waals surface area (Å²) in [5.41, 5.74) is 0.715. The molecule has 4 nitrogen and oxygen atoms in total. The number of ether oxygens (including phenoxy) is 1. The number of halogens is 1. The molecule has 21 heavy (non-hydrogen) atoms. The summed E-state index contributed by atoms with van der Waals surface area (Å²) in [4.78, 5) is 11.8. The minimum atomic E-state index is -0.444. The first-order valence-electron chi connectivity index (χ1n) is 7.52. The summed E-state index contributed by atoms with van der Waals surface area (Å²) in [6.45, 7) is 7.13. The van der Waals surface area contributed by atoms with Crippen LogP contribution in [0.2, 0.25) is 0 Å². The lowest BCUT2D eigenvalue weighted by atomic mass is 10.2. The van der Waals surface area contributed by atoms with E-state index in [9.17, 15) is 9.18 Å². The molecule has 0 aliphatic heterocycles. The van der Waals surface area contributed by atoms with Gasteiger partial charge in [0.1, 0.15) is 0 Å². The molecule has 0 spiro atoms. The minimum absolute atomic E-state index is 0.142. The van der Waals surface area contributed by atoms with Crippen molar-refractivity contribution in [3.8, 4) is 5.75 Å². The van der Waals surface area contributed by atoms with E-state index in [2.05, 4.69) is 10.6 Å². The Morgan fingerprint density at radius 3 is 2.62 bits per heavy atom. The van der Waals surface area contributed by atoms with E-state index in [-0.39, 0.29) is 24.3 Å². The molecule has 0 atom stereocenters. The van der Waals surface area contributed by atoms with E-state index < -0.39 is 5.82 Å². The van der Waals surface area contributed by atoms with Gasteiger partial charge >= 0.3 is 0 Å². The molecule has 0 saturated carbocycles. The van der Waals surface area contributed by atoms with Gasteiger partial charge in [0.05, 0.1) is 0 Å². The zero-order valence-corrected chi connectivity index (χ0v) is 13.0. The third-order valence-corrected chi connectivity index (χ3v) is 3.31. The molecule has 1 rings (SSSR count). The summed E-state index contributed by atoms with van der Waals surface area (Å²) >= 11 is 0. The maximum Gasteiger partial charge on any atom is 0.258 e. The first kappa shape index (κ1) is 17.4. The van der Waals surface area contributed by atoms with Gasteiger partial charge in [0.2, 0.25) is 0 Å². The van der Waals surface area contributed by atoms with Crippen molar-refractivity contribution in [2.45, 2.75) is 46.2 Å². The Labute approximate surface area is 126 Å². The lowest BCUT2D eigenvalue weighted by molar-refractivity contribution is -0.123. The van der Waals surface area contributed by atoms with E-state index >= 15 is 0 Å². The third-order valence-electron chi connectivity index (χ3n) is 3.31. The van der Waals surface area contributed by atoms with Crippen molar-refractivity contribution in [3.05, 3.63) is 29.6 Å². The van der Waals surface area contributed by atoms with Gasteiger partial charge in [0.15, 0.2) is 18.2 Å². The molecular weight excluding hydrogens is 271 g/mol. The molecule has 0 aliphatic rings. The Morgan fingerprint density at radius 2 is 2.00 bits per heavy atom. The number of benzene rings is 1. The molecular formula is C16H25FN2O2. The highest BCUT2D eigenvalue weighted by molar-refractivity contribution is 5.77. The van der Waals surface area contributed by atoms with Crippen LogP contribution < -0.4 is 15.4 Å². The van der Waals surface area contributed by atoms with Crippen LogP contribution in [0.1, 0.15) is 39.2 Å². The van der Waals surface area contributed by atoms with Crippen LogP contribution in [-0.2, 0) is 11.3 Å². The highest BCUT2D eigenvalue weighted by Crippen LogP contribution is 2.22. The summed E-state index contributed by atoms with van der Waals surface area (Å²) in [7, 11) is 0. The normalized spacial score (nSPS) is 10.7. The van der Waals surface area contributed by atoms with Crippen LogP contribution in [0.4, 0.5) is 4.39 Å². The Hall–Kier alpha value is -1.62. The second kappa shape index (κ2) is 9.34. The number of carbonyl (C=O) groups is 1. The topological polar surface area (TPSA) is 50.4 Å². The molecule has 0 aromatic heterocycles. The van der Waals surface area contributed by atoms with Gasteiger partial charge in [-0.3, -0.25) is 4.79 Å². The molecule has 0 unspecified atom stereocenters. The fraction of sp³-hybridized carbons (Fsp3) is 0.562. The minimum Gasteiger partial charge on any atom is -0.480 e. The molecule has 2 N–H and O–H groups in total. The van der Waals surface area contributed by atoms with Crippen LogP contribution in [0, 0.1) is 5.82 Å². The van der Waals surface area contributed by atoms with Crippen LogP contribution in [0.25, 0.3) is 0 Å². The molecule has 0 saturated heterocycles. The molecule has 0 fully saturated rings. The van der Waals surface area contributed by atoms with Gasteiger partial charge < -0.3 is 15.4 Å². The summed E-state index contributed by atoms with van der Waals surface area (Å²) in [6.07, 6.45) is 1.74. The number of hydrogen-bond acceptors (Lipinski definition) is 3. The summed E-state index contributed by atoms with van der Waals surface area (Å²) in [5.74, 6) is -0.514. The Morgan fingerprint density at radius 1 is 1.29 bits per heavy atom. The highest BCUT2D eigenvalue weighted by atomic mass is 19.1. The van der Waals surface area contributed by atoms with Gasteiger partial charge in [-0.1, -0.05) is 32.9 Å². The Balaban J connectivity index is 2.63. The van der Waals surface area contributed by atoms with E-state index in [1.807, 2.05) is 20.8 Å². The largest absolute Gasteiger partial charge is 0.480 e. The molecule has 0 aliphatic carbocycles. The number of amides is 1. The van der Waals surface area contributed by atoms with Crippen molar-refractivity contribution in [1.82, 2.24) is 10.6 Å². The van der Waals surface area contributed by atoms with Crippen molar-refractivity contribution >= 4 is 5.91 Å². The Bertz CT molecular complexity index is 448. The second-order valence-corrected chi connectivity index (χ2v) is 4.88. The van der Waals surface area contributed by atoms with Gasteiger partial charge in [0.25, 0.3) is 5.91 Å². The fourth-order valence-electron chi connectivity index (χ4n) is 2.01. The molecule has 1 aromatic carbocycles. The second-order valence-electron chi connectivity index (χ2n) is 4.88. The predicted octanol–water partition coefficient (Wildman–Crippen LogP) is 2.62. The first-order valence-corrected chi connectivity index (χ1v) is 7.52. The molecule has 0 radical (unpaired) electrons. The lowest BCUT2D eigenvalue weighted by Crippen LogP contribution is -2.37. The summed E-state index contributed by atoms with van der Waals surface area (Å²) in [5, 5.41) is 5.99. The molecule has 0 bridgehead atoms. The van der Waals surface area contributed by atoms with Gasteiger partial charge in [0, 0.05) is 18.2 Å². The van der Waals surface area contributed by atoms with Crippen molar-refractivity contribution in [1.29, 1.82) is 0 Å². The van der Waals surface area contributed by atoms with E-state index in [0.29, 0.717) is 12.1 Å². The summed E-state index contributed by atoms with van der Waals surface area (Å²) < 4.78 is 19.2. The van der Waals surface area contributed by atoms with Gasteiger partial charge in [-0.25, -0.2) is 4.39 Å². The van der Waals surface area contributed by atoms with Crippen LogP contribution in [0.3, 0.4) is 0 Å². The van der Waals surface area contributed by atoms with Gasteiger partial charge in [-0.15, -0.1) is 0 Å². The van der Waals surface area contributed by atoms with Gasteiger partial charge in [-0.05, 0) is 25.5 Å². The Kier molecular flexibility index (Phi) is 7.75. The predicted molar refractivity (Wildman–Crippen MR) is 81.8 cm³/mol. The maximum atomic E-state index is 13.8. The molecule has 1 aromatic rings. The molecule has 1 amide bonds. The van der Waals surface area contributed by atoms with E-state index in [1.165, 1.54) is 6.07 Å². The van der Waals surface area contributed by atoms with Crippen LogP contribution >= 0.6 is 0 Å². The zero-order chi connectivity index (χ0) is 15.7. The van der Waals surface area contributed by atoms with Crippen molar-refractivity contribution in [2.24, 2.45) is 0 Å². The molecule has 0 heterocycles. The number of para-hydroxylation sites is 1. The number of hydrogen-bond donors (Lipinski definition) is 2. The van der Waals surface area contributed by atoms with E-state index in [1.54, 1.807) is 12.1 Å². The number of nitrogens with one attached hydrogen (secondary N) is 2. The summed E-state index contributed by atoms with van der Waals surface area (Å²) in [6, 6.07) is 4.91. The average molecular weight is 296 g/mol. The van der Waals surface area contributed by atoms with Crippen LogP contribution in [-0.4, -0.2) is 25.1 Å². The van der Waals surface area contributed by atoms with E-state index in [4.69, 9.17) is 4.74 Å². The van der Waals surface area contributed by atoms with Crippen LogP contribution in [0.15, 0.2) is 18.2 Å². The highest BCUT2D eigenvalue weighted by Gasteiger charge is 2.13. The molecule has 118 valence electrons. The number of carbonyl (C=O) groups excluding carboxylic acids is 1. The SMILES string of the molecule is CCNCc1cccc(F)c1OCC(=O)NC(CC)CC. The third kappa shape index (κ3) is 5.71. The van der Waals surface area contributed by atoms with Crippen molar-refractivity contribution in [3.63, 3.8) is 0 Å². The molecule has 5 heteroatoms. The van der Waals surface area contributed by atoms with E-state index in [0.717, 1.165) is 19.4 Å². The van der Waals surface area contributed by atoms with Gasteiger partial charge in [-0.2, -0.15) is 0 Å². The maximum absolute atomic E-state index is 13.8. The lowest BCUT2D eigenvalue weighted by Gasteiger charge is -2.16. The standard InChI is InChI=1S/C16H25FN2O2/c1-4-13(5-2)19-15(20)11-21-16-12(10-18-6-3)8-7-9-14(16)17/h7-9,13,18H,4-6,10-11H2,1-3H3,(H,19,20). The average Bonchev–Trinajstić information content (AvgIpc) is 2.49. The quantitative estimate of drug-likeness (QED) is 0.736. The smallest absolute Gasteiger partial charge is 0.258 e. The van der Waals surface area contributed by atoms with Crippen molar-refractivity contribution in [2.75, 3.05) is 13.2 Å².